The smallest absolute Gasteiger partial charge is 0.306 e. The third-order valence-electron chi connectivity index (χ3n) is 3.71. The van der Waals surface area contributed by atoms with E-state index in [0.29, 0.717) is 6.42 Å². The summed E-state index contributed by atoms with van der Waals surface area (Å²) in [5.41, 5.74) is 1.09. The second-order valence-corrected chi connectivity index (χ2v) is 7.35. The van der Waals surface area contributed by atoms with Gasteiger partial charge in [0.15, 0.2) is 0 Å². The molecular weight excluding hydrogens is 316 g/mol. The molecule has 1 saturated carbocycles. The third-order valence-corrected chi connectivity index (χ3v) is 5.92. The first-order chi connectivity index (χ1) is 8.50. The van der Waals surface area contributed by atoms with Gasteiger partial charge in [0.1, 0.15) is 0 Å². The maximum absolute atomic E-state index is 11.3. The summed E-state index contributed by atoms with van der Waals surface area (Å²) in [6, 6.07) is 1.95. The number of aliphatic hydroxyl groups is 1. The summed E-state index contributed by atoms with van der Waals surface area (Å²) < 4.78 is 1.01. The number of aryl methyl sites for hydroxylation is 1. The van der Waals surface area contributed by atoms with Gasteiger partial charge in [0.25, 0.3) is 0 Å². The molecule has 0 bridgehead atoms. The number of aliphatic hydroxyl groups excluding tert-OH is 1. The Kier molecular flexibility index (Phi) is 4.45. The molecule has 1 heterocycles. The largest absolute Gasteiger partial charge is 0.481 e. The molecule has 100 valence electrons. The van der Waals surface area contributed by atoms with Crippen LogP contribution < -0.4 is 0 Å². The monoisotopic (exact) mass is 332 g/mol. The van der Waals surface area contributed by atoms with Gasteiger partial charge >= 0.3 is 5.97 Å². The number of carbonyl (C=O) groups is 1. The lowest BCUT2D eigenvalue weighted by molar-refractivity contribution is -0.147. The second-order valence-electron chi connectivity index (χ2n) is 4.94. The predicted octanol–water partition coefficient (Wildman–Crippen LogP) is 3.74. The summed E-state index contributed by atoms with van der Waals surface area (Å²) in [4.78, 5) is 12.1. The molecule has 3 nitrogen and oxygen atoms in total. The van der Waals surface area contributed by atoms with Crippen LogP contribution in [0, 0.1) is 18.8 Å². The van der Waals surface area contributed by atoms with Crippen molar-refractivity contribution in [3.63, 3.8) is 0 Å². The number of halogens is 1. The van der Waals surface area contributed by atoms with Gasteiger partial charge in [0.05, 0.1) is 15.8 Å². The first-order valence-corrected chi connectivity index (χ1v) is 7.78. The minimum atomic E-state index is -0.772. The van der Waals surface area contributed by atoms with Crippen LogP contribution in [0.2, 0.25) is 0 Å². The van der Waals surface area contributed by atoms with Crippen LogP contribution in [0.4, 0.5) is 0 Å². The Labute approximate surface area is 119 Å². The number of rotatable bonds is 3. The number of aliphatic carboxylic acids is 1. The zero-order valence-electron chi connectivity index (χ0n) is 10.2. The number of hydrogen-bond acceptors (Lipinski definition) is 3. The van der Waals surface area contributed by atoms with Crippen LogP contribution in [0.5, 0.6) is 0 Å². The molecule has 0 amide bonds. The molecule has 1 aromatic rings. The van der Waals surface area contributed by atoms with E-state index in [1.165, 1.54) is 11.3 Å². The van der Waals surface area contributed by atoms with E-state index in [9.17, 15) is 15.0 Å². The van der Waals surface area contributed by atoms with Crippen molar-refractivity contribution in [2.75, 3.05) is 0 Å². The van der Waals surface area contributed by atoms with Gasteiger partial charge in [-0.1, -0.05) is 12.8 Å². The van der Waals surface area contributed by atoms with E-state index in [1.54, 1.807) is 0 Å². The Morgan fingerprint density at radius 2 is 2.17 bits per heavy atom. The SMILES string of the molecule is Cc1cc(C(O)C2CCCCC2C(=O)O)sc1Br. The Morgan fingerprint density at radius 1 is 1.50 bits per heavy atom. The highest BCUT2D eigenvalue weighted by molar-refractivity contribution is 9.11. The molecule has 2 N–H and O–H groups in total. The molecule has 0 radical (unpaired) electrons. The molecule has 1 aromatic heterocycles. The van der Waals surface area contributed by atoms with Gasteiger partial charge in [0.2, 0.25) is 0 Å². The van der Waals surface area contributed by atoms with Crippen LogP contribution in [0.3, 0.4) is 0 Å². The molecule has 5 heteroatoms. The van der Waals surface area contributed by atoms with Crippen LogP contribution in [0.1, 0.15) is 42.2 Å². The number of hydrogen-bond donors (Lipinski definition) is 2. The molecule has 0 spiro atoms. The molecule has 3 atom stereocenters. The molecule has 0 saturated heterocycles. The minimum Gasteiger partial charge on any atom is -0.481 e. The standard InChI is InChI=1S/C13H17BrO3S/c1-7-6-10(18-12(7)14)11(15)8-4-2-3-5-9(8)13(16)17/h6,8-9,11,15H,2-5H2,1H3,(H,16,17). The molecule has 0 aliphatic heterocycles. The molecule has 1 aliphatic carbocycles. The second kappa shape index (κ2) is 5.72. The van der Waals surface area contributed by atoms with E-state index in [1.807, 2.05) is 13.0 Å². The van der Waals surface area contributed by atoms with Gasteiger partial charge < -0.3 is 10.2 Å². The molecule has 3 unspecified atom stereocenters. The fourth-order valence-corrected chi connectivity index (χ4v) is 4.32. The van der Waals surface area contributed by atoms with Crippen LogP contribution >= 0.6 is 27.3 Å². The van der Waals surface area contributed by atoms with E-state index in [-0.39, 0.29) is 5.92 Å². The highest BCUT2D eigenvalue weighted by Crippen LogP contribution is 2.42. The van der Waals surface area contributed by atoms with Crippen molar-refractivity contribution in [3.05, 3.63) is 20.3 Å². The lowest BCUT2D eigenvalue weighted by atomic mass is 9.76. The Hall–Kier alpha value is -0.390. The maximum Gasteiger partial charge on any atom is 0.306 e. The van der Waals surface area contributed by atoms with Gasteiger partial charge in [-0.05, 0) is 47.3 Å². The summed E-state index contributed by atoms with van der Waals surface area (Å²) >= 11 is 4.95. The van der Waals surface area contributed by atoms with Crippen LogP contribution in [-0.2, 0) is 4.79 Å². The van der Waals surface area contributed by atoms with Crippen molar-refractivity contribution in [2.24, 2.45) is 11.8 Å². The van der Waals surface area contributed by atoms with Crippen molar-refractivity contribution < 1.29 is 15.0 Å². The quantitative estimate of drug-likeness (QED) is 0.886. The first-order valence-electron chi connectivity index (χ1n) is 6.17. The van der Waals surface area contributed by atoms with Gasteiger partial charge in [-0.3, -0.25) is 4.79 Å². The Morgan fingerprint density at radius 3 is 2.72 bits per heavy atom. The van der Waals surface area contributed by atoms with E-state index in [4.69, 9.17) is 0 Å². The molecule has 18 heavy (non-hydrogen) atoms. The summed E-state index contributed by atoms with van der Waals surface area (Å²) in [5.74, 6) is -1.33. The van der Waals surface area contributed by atoms with Gasteiger partial charge in [-0.2, -0.15) is 0 Å². The molecule has 1 fully saturated rings. The zero-order valence-corrected chi connectivity index (χ0v) is 12.6. The van der Waals surface area contributed by atoms with Crippen LogP contribution in [-0.4, -0.2) is 16.2 Å². The minimum absolute atomic E-state index is 0.152. The van der Waals surface area contributed by atoms with Crippen molar-refractivity contribution in [3.8, 4) is 0 Å². The lowest BCUT2D eigenvalue weighted by Gasteiger charge is -2.31. The average Bonchev–Trinajstić information content (AvgIpc) is 2.68. The van der Waals surface area contributed by atoms with E-state index in [2.05, 4.69) is 15.9 Å². The number of thiophene rings is 1. The summed E-state index contributed by atoms with van der Waals surface area (Å²) in [6.07, 6.45) is 2.79. The zero-order chi connectivity index (χ0) is 13.3. The fraction of sp³-hybridized carbons (Fsp3) is 0.615. The third kappa shape index (κ3) is 2.78. The van der Waals surface area contributed by atoms with E-state index < -0.39 is 18.0 Å². The lowest BCUT2D eigenvalue weighted by Crippen LogP contribution is -2.31. The number of carboxylic acid groups (broad SMARTS) is 1. The first kappa shape index (κ1) is 14.0. The van der Waals surface area contributed by atoms with Gasteiger partial charge in [-0.25, -0.2) is 0 Å². The topological polar surface area (TPSA) is 57.5 Å². The van der Waals surface area contributed by atoms with E-state index >= 15 is 0 Å². The highest BCUT2D eigenvalue weighted by Gasteiger charge is 2.36. The van der Waals surface area contributed by atoms with Crippen molar-refractivity contribution in [1.29, 1.82) is 0 Å². The van der Waals surface area contributed by atoms with Crippen molar-refractivity contribution >= 4 is 33.2 Å². The maximum atomic E-state index is 11.3. The van der Waals surface area contributed by atoms with Crippen LogP contribution in [0.15, 0.2) is 9.85 Å². The van der Waals surface area contributed by atoms with Crippen molar-refractivity contribution in [1.82, 2.24) is 0 Å². The summed E-state index contributed by atoms with van der Waals surface area (Å²) in [5, 5.41) is 19.7. The van der Waals surface area contributed by atoms with Gasteiger partial charge in [0, 0.05) is 10.8 Å². The van der Waals surface area contributed by atoms with Crippen LogP contribution in [0.25, 0.3) is 0 Å². The Balaban J connectivity index is 2.20. The molecule has 1 aliphatic rings. The highest BCUT2D eigenvalue weighted by atomic mass is 79.9. The molecular formula is C13H17BrO3S. The number of carboxylic acids is 1. The average molecular weight is 333 g/mol. The Bertz CT molecular complexity index is 424. The van der Waals surface area contributed by atoms with Gasteiger partial charge in [-0.15, -0.1) is 11.3 Å². The molecule has 0 aromatic carbocycles. The summed E-state index contributed by atoms with van der Waals surface area (Å²) in [7, 11) is 0. The summed E-state index contributed by atoms with van der Waals surface area (Å²) in [6.45, 7) is 1.98. The van der Waals surface area contributed by atoms with E-state index in [0.717, 1.165) is 33.5 Å². The molecule has 2 rings (SSSR count). The normalized spacial score (nSPS) is 25.9. The predicted molar refractivity (Wildman–Crippen MR) is 74.8 cm³/mol. The fourth-order valence-electron chi connectivity index (χ4n) is 2.68. The van der Waals surface area contributed by atoms with Crippen molar-refractivity contribution in [2.45, 2.75) is 38.7 Å².